The van der Waals surface area contributed by atoms with Gasteiger partial charge < -0.3 is 5.32 Å². The van der Waals surface area contributed by atoms with Crippen LogP contribution in [0.3, 0.4) is 0 Å². The molecule has 1 aromatic rings. The Hall–Kier alpha value is -0.830. The Morgan fingerprint density at radius 3 is 2.45 bits per heavy atom. The van der Waals surface area contributed by atoms with E-state index in [1.165, 1.54) is 55.5 Å². The summed E-state index contributed by atoms with van der Waals surface area (Å²) in [6, 6.07) is 0.643. The van der Waals surface area contributed by atoms with Gasteiger partial charge >= 0.3 is 0 Å². The first-order valence-electron chi connectivity index (χ1n) is 8.32. The Labute approximate surface area is 124 Å². The van der Waals surface area contributed by atoms with E-state index in [0.717, 1.165) is 13.0 Å². The van der Waals surface area contributed by atoms with Crippen LogP contribution in [0.5, 0.6) is 0 Å². The van der Waals surface area contributed by atoms with Crippen molar-refractivity contribution < 1.29 is 0 Å². The minimum atomic E-state index is 0.643. The van der Waals surface area contributed by atoms with Gasteiger partial charge in [-0.1, -0.05) is 32.6 Å². The van der Waals surface area contributed by atoms with Gasteiger partial charge in [0.15, 0.2) is 0 Å². The maximum Gasteiger partial charge on any atom is 0.0628 e. The molecule has 0 bridgehead atoms. The number of hydrogen-bond acceptors (Lipinski definition) is 2. The molecule has 114 valence electrons. The molecule has 3 heteroatoms. The summed E-state index contributed by atoms with van der Waals surface area (Å²) in [5.41, 5.74) is 4.14. The second-order valence-electron chi connectivity index (χ2n) is 6.61. The van der Waals surface area contributed by atoms with Crippen LogP contribution in [0.1, 0.15) is 68.4 Å². The molecule has 1 heterocycles. The standard InChI is InChI=1S/C17H31N3/c1-13(12-18-4)11-17-14(2)19-20(15(17)3)16-9-7-5-6-8-10-16/h13,16,18H,5-12H2,1-4H3. The van der Waals surface area contributed by atoms with E-state index in [1.807, 2.05) is 7.05 Å². The van der Waals surface area contributed by atoms with E-state index in [0.29, 0.717) is 12.0 Å². The van der Waals surface area contributed by atoms with Gasteiger partial charge in [-0.3, -0.25) is 4.68 Å². The van der Waals surface area contributed by atoms with Crippen molar-refractivity contribution in [3.05, 3.63) is 17.0 Å². The molecule has 1 fully saturated rings. The molecule has 0 saturated heterocycles. The highest BCUT2D eigenvalue weighted by Gasteiger charge is 2.20. The highest BCUT2D eigenvalue weighted by Crippen LogP contribution is 2.30. The minimum absolute atomic E-state index is 0.643. The van der Waals surface area contributed by atoms with Crippen molar-refractivity contribution >= 4 is 0 Å². The summed E-state index contributed by atoms with van der Waals surface area (Å²) >= 11 is 0. The van der Waals surface area contributed by atoms with Crippen LogP contribution in [0.15, 0.2) is 0 Å². The fourth-order valence-electron chi connectivity index (χ4n) is 3.62. The van der Waals surface area contributed by atoms with E-state index in [-0.39, 0.29) is 0 Å². The number of nitrogens with zero attached hydrogens (tertiary/aromatic N) is 2. The Balaban J connectivity index is 2.14. The van der Waals surface area contributed by atoms with Crippen LogP contribution < -0.4 is 5.32 Å². The van der Waals surface area contributed by atoms with Crippen molar-refractivity contribution in [1.82, 2.24) is 15.1 Å². The maximum atomic E-state index is 4.88. The number of aromatic nitrogens is 2. The summed E-state index contributed by atoms with van der Waals surface area (Å²) in [6.07, 6.45) is 9.32. The second-order valence-corrected chi connectivity index (χ2v) is 6.61. The first kappa shape index (κ1) is 15.6. The van der Waals surface area contributed by atoms with Crippen LogP contribution in [0.2, 0.25) is 0 Å². The molecule has 2 rings (SSSR count). The van der Waals surface area contributed by atoms with E-state index >= 15 is 0 Å². The van der Waals surface area contributed by atoms with Crippen molar-refractivity contribution in [1.29, 1.82) is 0 Å². The van der Waals surface area contributed by atoms with E-state index in [2.05, 4.69) is 30.8 Å². The van der Waals surface area contributed by atoms with Gasteiger partial charge in [0.2, 0.25) is 0 Å². The zero-order valence-corrected chi connectivity index (χ0v) is 13.7. The van der Waals surface area contributed by atoms with Gasteiger partial charge in [-0.2, -0.15) is 5.10 Å². The van der Waals surface area contributed by atoms with Crippen LogP contribution in [0, 0.1) is 19.8 Å². The van der Waals surface area contributed by atoms with Crippen LogP contribution in [0.25, 0.3) is 0 Å². The third kappa shape index (κ3) is 3.63. The Kier molecular flexibility index (Phi) is 5.64. The van der Waals surface area contributed by atoms with Gasteiger partial charge in [0.05, 0.1) is 11.7 Å². The van der Waals surface area contributed by atoms with Gasteiger partial charge in [0.1, 0.15) is 0 Å². The van der Waals surface area contributed by atoms with Crippen LogP contribution in [0.4, 0.5) is 0 Å². The van der Waals surface area contributed by atoms with Crippen LogP contribution in [-0.4, -0.2) is 23.4 Å². The number of aryl methyl sites for hydroxylation is 1. The van der Waals surface area contributed by atoms with E-state index < -0.39 is 0 Å². The highest BCUT2D eigenvalue weighted by atomic mass is 15.3. The molecule has 1 unspecified atom stereocenters. The molecule has 1 aromatic heterocycles. The number of hydrogen-bond donors (Lipinski definition) is 1. The molecule has 0 spiro atoms. The molecule has 1 N–H and O–H groups in total. The lowest BCUT2D eigenvalue weighted by atomic mass is 9.99. The first-order valence-corrected chi connectivity index (χ1v) is 8.32. The van der Waals surface area contributed by atoms with Crippen LogP contribution >= 0.6 is 0 Å². The number of nitrogens with one attached hydrogen (secondary N) is 1. The molecule has 0 aromatic carbocycles. The van der Waals surface area contributed by atoms with Gasteiger partial charge in [-0.25, -0.2) is 0 Å². The molecule has 1 atom stereocenters. The molecule has 0 amide bonds. The molecule has 1 saturated carbocycles. The molecule has 1 aliphatic rings. The van der Waals surface area contributed by atoms with Crippen molar-refractivity contribution in [3.8, 4) is 0 Å². The average Bonchev–Trinajstić information content (AvgIpc) is 2.64. The fourth-order valence-corrected chi connectivity index (χ4v) is 3.62. The lowest BCUT2D eigenvalue weighted by molar-refractivity contribution is 0.396. The summed E-state index contributed by atoms with van der Waals surface area (Å²) < 4.78 is 2.35. The number of rotatable bonds is 5. The van der Waals surface area contributed by atoms with E-state index in [1.54, 1.807) is 0 Å². The first-order chi connectivity index (χ1) is 9.63. The monoisotopic (exact) mass is 277 g/mol. The molecule has 3 nitrogen and oxygen atoms in total. The maximum absolute atomic E-state index is 4.88. The fraction of sp³-hybridized carbons (Fsp3) is 0.824. The average molecular weight is 277 g/mol. The van der Waals surface area contributed by atoms with Crippen molar-refractivity contribution in [2.75, 3.05) is 13.6 Å². The summed E-state index contributed by atoms with van der Waals surface area (Å²) in [5, 5.41) is 8.16. The zero-order valence-electron chi connectivity index (χ0n) is 13.7. The second kappa shape index (κ2) is 7.26. The van der Waals surface area contributed by atoms with Gasteiger partial charge in [-0.05, 0) is 58.2 Å². The largest absolute Gasteiger partial charge is 0.319 e. The highest BCUT2D eigenvalue weighted by molar-refractivity contribution is 5.25. The van der Waals surface area contributed by atoms with Gasteiger partial charge in [0, 0.05) is 5.69 Å². The molecule has 0 radical (unpaired) electrons. The molecular formula is C17H31N3. The van der Waals surface area contributed by atoms with Crippen LogP contribution in [-0.2, 0) is 6.42 Å². The third-order valence-electron chi connectivity index (χ3n) is 4.75. The lowest BCUT2D eigenvalue weighted by Crippen LogP contribution is -2.18. The minimum Gasteiger partial charge on any atom is -0.319 e. The van der Waals surface area contributed by atoms with E-state index in [4.69, 9.17) is 5.10 Å². The van der Waals surface area contributed by atoms with Crippen molar-refractivity contribution in [3.63, 3.8) is 0 Å². The smallest absolute Gasteiger partial charge is 0.0628 e. The Morgan fingerprint density at radius 1 is 1.20 bits per heavy atom. The normalized spacial score (nSPS) is 19.0. The summed E-state index contributed by atoms with van der Waals surface area (Å²) in [7, 11) is 2.03. The predicted octanol–water partition coefficient (Wildman–Crippen LogP) is 3.79. The third-order valence-corrected chi connectivity index (χ3v) is 4.75. The lowest BCUT2D eigenvalue weighted by Gasteiger charge is -2.17. The summed E-state index contributed by atoms with van der Waals surface area (Å²) in [4.78, 5) is 0. The summed E-state index contributed by atoms with van der Waals surface area (Å²) in [5.74, 6) is 0.671. The Bertz CT molecular complexity index is 414. The molecule has 1 aliphatic carbocycles. The van der Waals surface area contributed by atoms with Crippen molar-refractivity contribution in [2.45, 2.75) is 71.8 Å². The van der Waals surface area contributed by atoms with Gasteiger partial charge in [0.25, 0.3) is 0 Å². The molecular weight excluding hydrogens is 246 g/mol. The summed E-state index contributed by atoms with van der Waals surface area (Å²) in [6.45, 7) is 7.85. The SMILES string of the molecule is CNCC(C)Cc1c(C)nn(C2CCCCCC2)c1C. The Morgan fingerprint density at radius 2 is 1.85 bits per heavy atom. The van der Waals surface area contributed by atoms with Crippen molar-refractivity contribution in [2.24, 2.45) is 5.92 Å². The predicted molar refractivity (Wildman–Crippen MR) is 85.2 cm³/mol. The quantitative estimate of drug-likeness (QED) is 0.830. The molecule has 20 heavy (non-hydrogen) atoms. The molecule has 0 aliphatic heterocycles. The zero-order chi connectivity index (χ0) is 14.5. The van der Waals surface area contributed by atoms with Gasteiger partial charge in [-0.15, -0.1) is 0 Å². The topological polar surface area (TPSA) is 29.9 Å². The van der Waals surface area contributed by atoms with E-state index in [9.17, 15) is 0 Å².